The summed E-state index contributed by atoms with van der Waals surface area (Å²) in [6.07, 6.45) is 1.20. The summed E-state index contributed by atoms with van der Waals surface area (Å²) in [5.74, 6) is 1.74. The molecule has 0 bridgehead atoms. The Labute approximate surface area is 246 Å². The lowest BCUT2D eigenvalue weighted by molar-refractivity contribution is -0.133. The van der Waals surface area contributed by atoms with E-state index < -0.39 is 0 Å². The van der Waals surface area contributed by atoms with Crippen LogP contribution < -0.4 is 0 Å². The van der Waals surface area contributed by atoms with Crippen molar-refractivity contribution < 1.29 is 9.59 Å². The average Bonchev–Trinajstić information content (AvgIpc) is 3.39. The molecule has 0 aliphatic carbocycles. The van der Waals surface area contributed by atoms with E-state index in [4.69, 9.17) is 0 Å². The van der Waals surface area contributed by atoms with Gasteiger partial charge in [0.15, 0.2) is 11.0 Å². The van der Waals surface area contributed by atoms with Gasteiger partial charge in [-0.1, -0.05) is 77.5 Å². The predicted octanol–water partition coefficient (Wildman–Crippen LogP) is 6.10. The van der Waals surface area contributed by atoms with Gasteiger partial charge in [0.1, 0.15) is 0 Å². The Bertz CT molecular complexity index is 1510. The highest BCUT2D eigenvalue weighted by molar-refractivity contribution is 7.99. The summed E-state index contributed by atoms with van der Waals surface area (Å²) in [6.45, 7) is 9.81. The molecule has 0 N–H and O–H groups in total. The first-order chi connectivity index (χ1) is 19.8. The molecule has 1 saturated heterocycles. The minimum atomic E-state index is -0.0255. The number of amides is 2. The van der Waals surface area contributed by atoms with Gasteiger partial charge in [-0.05, 0) is 57.9 Å². The maximum absolute atomic E-state index is 13.1. The molecule has 0 spiro atoms. The molecular weight excluding hydrogens is 530 g/mol. The van der Waals surface area contributed by atoms with Crippen molar-refractivity contribution in [3.8, 4) is 17.1 Å². The number of nitrogens with zero attached hydrogens (tertiary/aromatic N) is 5. The van der Waals surface area contributed by atoms with E-state index in [0.717, 1.165) is 45.5 Å². The fourth-order valence-electron chi connectivity index (χ4n) is 5.18. The number of hydrogen-bond donors (Lipinski definition) is 0. The van der Waals surface area contributed by atoms with E-state index in [1.54, 1.807) is 11.8 Å². The molecule has 5 rings (SSSR count). The lowest BCUT2D eigenvalue weighted by atomic mass is 10.1. The van der Waals surface area contributed by atoms with Gasteiger partial charge in [0.25, 0.3) is 5.91 Å². The van der Waals surface area contributed by atoms with Crippen LogP contribution in [-0.2, 0) is 4.79 Å². The number of carbonyl (C=O) groups is 2. The summed E-state index contributed by atoms with van der Waals surface area (Å²) in [6, 6.07) is 24.3. The first kappa shape index (κ1) is 28.6. The van der Waals surface area contributed by atoms with Crippen LogP contribution in [-0.4, -0.2) is 67.8 Å². The standard InChI is InChI=1S/C33H37N5O2S/c1-23-11-15-27(16-12-23)31-34-35-33(38(31)28-17-13-24(2)14-18-28)41-21-7-10-30(39)36-19-20-37(26(4)22-36)32(40)29-9-6-5-8-25(29)3/h5-6,8-9,11-18,26H,7,10,19-22H2,1-4H3. The molecule has 0 saturated carbocycles. The second-order valence-corrected chi connectivity index (χ2v) is 11.9. The van der Waals surface area contributed by atoms with Crippen molar-refractivity contribution in [2.75, 3.05) is 25.4 Å². The summed E-state index contributed by atoms with van der Waals surface area (Å²) in [4.78, 5) is 30.0. The van der Waals surface area contributed by atoms with Crippen molar-refractivity contribution in [1.29, 1.82) is 0 Å². The van der Waals surface area contributed by atoms with Crippen LogP contribution >= 0.6 is 11.8 Å². The van der Waals surface area contributed by atoms with Crippen molar-refractivity contribution in [2.45, 2.75) is 51.7 Å². The third-order valence-corrected chi connectivity index (χ3v) is 8.63. The van der Waals surface area contributed by atoms with Gasteiger partial charge in [-0.2, -0.15) is 0 Å². The second-order valence-electron chi connectivity index (χ2n) is 10.8. The summed E-state index contributed by atoms with van der Waals surface area (Å²) in [7, 11) is 0. The quantitative estimate of drug-likeness (QED) is 0.190. The highest BCUT2D eigenvalue weighted by Crippen LogP contribution is 2.29. The first-order valence-electron chi connectivity index (χ1n) is 14.2. The molecule has 4 aromatic rings. The Morgan fingerprint density at radius 1 is 0.878 bits per heavy atom. The van der Waals surface area contributed by atoms with Crippen LogP contribution in [0.5, 0.6) is 0 Å². The molecule has 1 aliphatic heterocycles. The van der Waals surface area contributed by atoms with Gasteiger partial charge in [0.05, 0.1) is 0 Å². The molecule has 41 heavy (non-hydrogen) atoms. The van der Waals surface area contributed by atoms with Crippen molar-refractivity contribution >= 4 is 23.6 Å². The second kappa shape index (κ2) is 12.7. The van der Waals surface area contributed by atoms with Crippen molar-refractivity contribution in [3.63, 3.8) is 0 Å². The molecule has 212 valence electrons. The molecule has 1 aliphatic rings. The number of hydrogen-bond acceptors (Lipinski definition) is 5. The van der Waals surface area contributed by atoms with Gasteiger partial charge >= 0.3 is 0 Å². The lowest BCUT2D eigenvalue weighted by Gasteiger charge is -2.40. The Kier molecular flexibility index (Phi) is 8.88. The van der Waals surface area contributed by atoms with Crippen molar-refractivity contribution in [1.82, 2.24) is 24.6 Å². The third kappa shape index (κ3) is 6.54. The summed E-state index contributed by atoms with van der Waals surface area (Å²) >= 11 is 1.62. The predicted molar refractivity (Wildman–Crippen MR) is 164 cm³/mol. The molecule has 1 unspecified atom stereocenters. The average molecular weight is 568 g/mol. The molecule has 1 atom stereocenters. The van der Waals surface area contributed by atoms with E-state index in [1.807, 2.05) is 47.9 Å². The van der Waals surface area contributed by atoms with E-state index in [-0.39, 0.29) is 17.9 Å². The van der Waals surface area contributed by atoms with Gasteiger partial charge in [-0.15, -0.1) is 10.2 Å². The Hall–Kier alpha value is -3.91. The van der Waals surface area contributed by atoms with Crippen LogP contribution in [0.2, 0.25) is 0 Å². The number of aryl methyl sites for hydroxylation is 3. The summed E-state index contributed by atoms with van der Waals surface area (Å²) in [5, 5.41) is 9.89. The van der Waals surface area contributed by atoms with E-state index >= 15 is 0 Å². The van der Waals surface area contributed by atoms with Crippen LogP contribution in [0.15, 0.2) is 78.0 Å². The zero-order valence-electron chi connectivity index (χ0n) is 24.2. The van der Waals surface area contributed by atoms with Crippen LogP contribution in [0, 0.1) is 20.8 Å². The van der Waals surface area contributed by atoms with Gasteiger partial charge in [-0.25, -0.2) is 0 Å². The third-order valence-electron chi connectivity index (χ3n) is 7.62. The number of rotatable bonds is 8. The maximum atomic E-state index is 13.1. The van der Waals surface area contributed by atoms with Crippen LogP contribution in [0.1, 0.15) is 46.8 Å². The number of carbonyl (C=O) groups excluding carboxylic acids is 2. The van der Waals surface area contributed by atoms with Gasteiger partial charge in [0.2, 0.25) is 5.91 Å². The van der Waals surface area contributed by atoms with E-state index in [9.17, 15) is 9.59 Å². The normalized spacial score (nSPS) is 15.3. The lowest BCUT2D eigenvalue weighted by Crippen LogP contribution is -2.55. The highest BCUT2D eigenvalue weighted by atomic mass is 32.2. The number of benzene rings is 3. The zero-order chi connectivity index (χ0) is 28.9. The van der Waals surface area contributed by atoms with Gasteiger partial charge < -0.3 is 9.80 Å². The molecule has 0 radical (unpaired) electrons. The minimum absolute atomic E-state index is 0.0255. The summed E-state index contributed by atoms with van der Waals surface area (Å²) in [5.41, 5.74) is 6.14. The molecule has 1 fully saturated rings. The zero-order valence-corrected chi connectivity index (χ0v) is 25.0. The Balaban J connectivity index is 1.19. The van der Waals surface area contributed by atoms with Gasteiger partial charge in [0, 0.05) is 54.7 Å². The fraction of sp³-hybridized carbons (Fsp3) is 0.333. The molecule has 2 amide bonds. The largest absolute Gasteiger partial charge is 0.339 e. The topological polar surface area (TPSA) is 71.3 Å². The summed E-state index contributed by atoms with van der Waals surface area (Å²) < 4.78 is 2.10. The number of piperazine rings is 1. The first-order valence-corrected chi connectivity index (χ1v) is 15.2. The SMILES string of the molecule is Cc1ccc(-c2nnc(SCCCC(=O)N3CCN(C(=O)c4ccccc4C)C(C)C3)n2-c2ccc(C)cc2)cc1. The fourth-order valence-corrected chi connectivity index (χ4v) is 6.07. The van der Waals surface area contributed by atoms with E-state index in [2.05, 4.69) is 77.1 Å². The van der Waals surface area contributed by atoms with Crippen molar-refractivity contribution in [2.24, 2.45) is 0 Å². The van der Waals surface area contributed by atoms with Gasteiger partial charge in [-0.3, -0.25) is 14.2 Å². The molecule has 7 nitrogen and oxygen atoms in total. The van der Waals surface area contributed by atoms with Crippen LogP contribution in [0.4, 0.5) is 0 Å². The van der Waals surface area contributed by atoms with Crippen molar-refractivity contribution in [3.05, 3.63) is 95.1 Å². The smallest absolute Gasteiger partial charge is 0.254 e. The highest BCUT2D eigenvalue weighted by Gasteiger charge is 2.30. The number of aromatic nitrogens is 3. The Morgan fingerprint density at radius 2 is 1.56 bits per heavy atom. The number of thioether (sulfide) groups is 1. The van der Waals surface area contributed by atoms with Crippen LogP contribution in [0.25, 0.3) is 17.1 Å². The minimum Gasteiger partial charge on any atom is -0.339 e. The molecular formula is C33H37N5O2S. The van der Waals surface area contributed by atoms with E-state index in [0.29, 0.717) is 26.1 Å². The maximum Gasteiger partial charge on any atom is 0.254 e. The molecule has 8 heteroatoms. The van der Waals surface area contributed by atoms with Crippen LogP contribution in [0.3, 0.4) is 0 Å². The molecule has 3 aromatic carbocycles. The molecule has 1 aromatic heterocycles. The molecule has 2 heterocycles. The Morgan fingerprint density at radius 3 is 2.24 bits per heavy atom. The van der Waals surface area contributed by atoms with E-state index in [1.165, 1.54) is 11.1 Å². The monoisotopic (exact) mass is 567 g/mol.